The number of imide groups is 1. The van der Waals surface area contributed by atoms with Crippen LogP contribution in [-0.4, -0.2) is 62.6 Å². The first-order valence-electron chi connectivity index (χ1n) is 7.94. The van der Waals surface area contributed by atoms with Crippen LogP contribution in [0.5, 0.6) is 0 Å². The van der Waals surface area contributed by atoms with E-state index in [1.807, 2.05) is 13.0 Å². The first-order valence-corrected chi connectivity index (χ1v) is 7.94. The summed E-state index contributed by atoms with van der Waals surface area (Å²) < 4.78 is 1.65. The fraction of sp³-hybridized carbons (Fsp3) is 0.600. The summed E-state index contributed by atoms with van der Waals surface area (Å²) in [5.41, 5.74) is 0.827. The average molecular weight is 317 g/mol. The number of fused-ring (bicyclic) bond motifs is 1. The molecule has 0 aromatic carbocycles. The molecule has 0 radical (unpaired) electrons. The van der Waals surface area contributed by atoms with Crippen molar-refractivity contribution in [2.75, 3.05) is 18.0 Å². The van der Waals surface area contributed by atoms with Gasteiger partial charge in [-0.3, -0.25) is 19.2 Å². The van der Waals surface area contributed by atoms with Gasteiger partial charge in [-0.25, -0.2) is 9.69 Å². The number of carbonyl (C=O) groups is 3. The Hall–Kier alpha value is -2.38. The van der Waals surface area contributed by atoms with Crippen LogP contribution in [-0.2, 0) is 16.6 Å². The van der Waals surface area contributed by atoms with E-state index in [1.165, 1.54) is 4.90 Å². The fourth-order valence-corrected chi connectivity index (χ4v) is 3.91. The van der Waals surface area contributed by atoms with Gasteiger partial charge in [0.15, 0.2) is 0 Å². The lowest BCUT2D eigenvalue weighted by Gasteiger charge is -2.22. The number of urea groups is 1. The van der Waals surface area contributed by atoms with Gasteiger partial charge in [-0.15, -0.1) is 0 Å². The second-order valence-electron chi connectivity index (χ2n) is 6.40. The largest absolute Gasteiger partial charge is 0.328 e. The quantitative estimate of drug-likeness (QED) is 0.733. The number of nitrogens with zero attached hydrogens (tertiary/aromatic N) is 5. The number of aromatic nitrogens is 2. The highest BCUT2D eigenvalue weighted by Gasteiger charge is 2.53. The summed E-state index contributed by atoms with van der Waals surface area (Å²) in [5, 5.41) is 4.26. The minimum Gasteiger partial charge on any atom is -0.312 e. The highest BCUT2D eigenvalue weighted by atomic mass is 16.2. The maximum absolute atomic E-state index is 12.8. The Kier molecular flexibility index (Phi) is 2.97. The molecule has 3 fully saturated rings. The lowest BCUT2D eigenvalue weighted by molar-refractivity contribution is -0.133. The SMILES string of the molecule is Cc1cc(N2CCC(N3C(=O)[C@H]4CCCN4C3=O)C2=O)n(C)n1. The van der Waals surface area contributed by atoms with Gasteiger partial charge in [0.25, 0.3) is 11.8 Å². The van der Waals surface area contributed by atoms with Crippen LogP contribution in [0.2, 0.25) is 0 Å². The molecule has 122 valence electrons. The highest BCUT2D eigenvalue weighted by Crippen LogP contribution is 2.32. The number of hydrogen-bond acceptors (Lipinski definition) is 4. The van der Waals surface area contributed by atoms with Gasteiger partial charge in [0.2, 0.25) is 0 Å². The maximum atomic E-state index is 12.8. The number of amides is 4. The molecule has 4 amide bonds. The van der Waals surface area contributed by atoms with Crippen molar-refractivity contribution in [3.8, 4) is 0 Å². The van der Waals surface area contributed by atoms with Gasteiger partial charge in [-0.1, -0.05) is 0 Å². The average Bonchev–Trinajstić information content (AvgIpc) is 3.22. The predicted molar refractivity (Wildman–Crippen MR) is 80.7 cm³/mol. The van der Waals surface area contributed by atoms with Crippen LogP contribution in [0, 0.1) is 6.92 Å². The summed E-state index contributed by atoms with van der Waals surface area (Å²) >= 11 is 0. The first kappa shape index (κ1) is 14.2. The molecule has 8 heteroatoms. The van der Waals surface area contributed by atoms with Crippen LogP contribution in [0.1, 0.15) is 25.0 Å². The van der Waals surface area contributed by atoms with Gasteiger partial charge >= 0.3 is 6.03 Å². The molecular weight excluding hydrogens is 298 g/mol. The normalized spacial score (nSPS) is 27.6. The van der Waals surface area contributed by atoms with Crippen LogP contribution < -0.4 is 4.90 Å². The van der Waals surface area contributed by atoms with E-state index in [4.69, 9.17) is 0 Å². The monoisotopic (exact) mass is 317 g/mol. The summed E-state index contributed by atoms with van der Waals surface area (Å²) in [5.74, 6) is 0.291. The lowest BCUT2D eigenvalue weighted by Crippen LogP contribution is -2.46. The molecular formula is C15H19N5O3. The lowest BCUT2D eigenvalue weighted by atomic mass is 10.1. The number of hydrogen-bond donors (Lipinski definition) is 0. The van der Waals surface area contributed by atoms with Crippen molar-refractivity contribution in [3.05, 3.63) is 11.8 Å². The Morgan fingerprint density at radius 2 is 1.87 bits per heavy atom. The summed E-state index contributed by atoms with van der Waals surface area (Å²) in [4.78, 5) is 42.2. The van der Waals surface area contributed by atoms with Crippen LogP contribution >= 0.6 is 0 Å². The predicted octanol–water partition coefficient (Wildman–Crippen LogP) is 0.260. The minimum atomic E-state index is -0.684. The molecule has 0 bridgehead atoms. The molecule has 0 aliphatic carbocycles. The Morgan fingerprint density at radius 1 is 1.09 bits per heavy atom. The number of rotatable bonds is 2. The molecule has 4 heterocycles. The summed E-state index contributed by atoms with van der Waals surface area (Å²) in [6, 6.07) is 0.490. The molecule has 3 aliphatic heterocycles. The highest BCUT2D eigenvalue weighted by molar-refractivity contribution is 6.10. The van der Waals surface area contributed by atoms with Crippen molar-refractivity contribution in [1.82, 2.24) is 19.6 Å². The van der Waals surface area contributed by atoms with E-state index >= 15 is 0 Å². The molecule has 0 spiro atoms. The zero-order valence-electron chi connectivity index (χ0n) is 13.2. The van der Waals surface area contributed by atoms with Crippen LogP contribution in [0.15, 0.2) is 6.07 Å². The van der Waals surface area contributed by atoms with Crippen molar-refractivity contribution >= 4 is 23.7 Å². The van der Waals surface area contributed by atoms with Gasteiger partial charge in [-0.2, -0.15) is 5.10 Å². The van der Waals surface area contributed by atoms with Crippen molar-refractivity contribution in [3.63, 3.8) is 0 Å². The molecule has 1 unspecified atom stereocenters. The van der Waals surface area contributed by atoms with E-state index in [9.17, 15) is 14.4 Å². The van der Waals surface area contributed by atoms with E-state index in [0.717, 1.165) is 12.1 Å². The number of anilines is 1. The fourth-order valence-electron chi connectivity index (χ4n) is 3.91. The smallest absolute Gasteiger partial charge is 0.312 e. The van der Waals surface area contributed by atoms with Gasteiger partial charge < -0.3 is 4.90 Å². The zero-order chi connectivity index (χ0) is 16.3. The Labute approximate surface area is 133 Å². The third kappa shape index (κ3) is 1.90. The van der Waals surface area contributed by atoms with Crippen molar-refractivity contribution in [2.24, 2.45) is 7.05 Å². The van der Waals surface area contributed by atoms with Gasteiger partial charge in [0, 0.05) is 26.2 Å². The van der Waals surface area contributed by atoms with E-state index in [1.54, 1.807) is 21.5 Å². The van der Waals surface area contributed by atoms with Crippen LogP contribution in [0.25, 0.3) is 0 Å². The standard InChI is InChI=1S/C15H19N5O3/c1-9-8-12(17(2)16-9)19-7-5-11(13(19)21)20-14(22)10-4-3-6-18(10)15(20)23/h8,10-11H,3-7H2,1-2H3/t10-,11?/m1/s1. The Balaban J connectivity index is 1.60. The van der Waals surface area contributed by atoms with E-state index < -0.39 is 6.04 Å². The molecule has 3 aliphatic rings. The second-order valence-corrected chi connectivity index (χ2v) is 6.40. The van der Waals surface area contributed by atoms with Gasteiger partial charge in [-0.05, 0) is 26.2 Å². The third-order valence-corrected chi connectivity index (χ3v) is 4.97. The maximum Gasteiger partial charge on any atom is 0.328 e. The Morgan fingerprint density at radius 3 is 2.52 bits per heavy atom. The zero-order valence-corrected chi connectivity index (χ0v) is 13.2. The molecule has 2 atom stereocenters. The first-order chi connectivity index (χ1) is 11.0. The van der Waals surface area contributed by atoms with Gasteiger partial charge in [0.05, 0.1) is 5.69 Å². The molecule has 1 aromatic heterocycles. The molecule has 1 aromatic rings. The second kappa shape index (κ2) is 4.81. The molecule has 23 heavy (non-hydrogen) atoms. The topological polar surface area (TPSA) is 78.8 Å². The third-order valence-electron chi connectivity index (χ3n) is 4.97. The molecule has 0 N–H and O–H groups in total. The molecule has 0 saturated carbocycles. The van der Waals surface area contributed by atoms with Crippen molar-refractivity contribution in [1.29, 1.82) is 0 Å². The van der Waals surface area contributed by atoms with E-state index in [2.05, 4.69) is 5.10 Å². The van der Waals surface area contributed by atoms with Crippen LogP contribution in [0.3, 0.4) is 0 Å². The van der Waals surface area contributed by atoms with Crippen molar-refractivity contribution < 1.29 is 14.4 Å². The minimum absolute atomic E-state index is 0.198. The summed E-state index contributed by atoms with van der Waals surface area (Å²) in [6.07, 6.45) is 2.03. The van der Waals surface area contributed by atoms with Gasteiger partial charge in [0.1, 0.15) is 17.9 Å². The van der Waals surface area contributed by atoms with Crippen LogP contribution in [0.4, 0.5) is 10.6 Å². The molecule has 3 saturated heterocycles. The van der Waals surface area contributed by atoms with E-state index in [-0.39, 0.29) is 23.9 Å². The van der Waals surface area contributed by atoms with Crippen molar-refractivity contribution in [2.45, 2.75) is 38.3 Å². The molecule has 4 rings (SSSR count). The molecule has 8 nitrogen and oxygen atoms in total. The Bertz CT molecular complexity index is 690. The summed E-state index contributed by atoms with van der Waals surface area (Å²) in [7, 11) is 1.78. The summed E-state index contributed by atoms with van der Waals surface area (Å²) in [6.45, 7) is 2.96. The number of aryl methyl sites for hydroxylation is 2. The number of carbonyl (C=O) groups excluding carboxylic acids is 3. The van der Waals surface area contributed by atoms with E-state index in [0.29, 0.717) is 31.7 Å².